The van der Waals surface area contributed by atoms with Gasteiger partial charge in [-0.1, -0.05) is 30.3 Å². The van der Waals surface area contributed by atoms with Crippen molar-refractivity contribution in [3.63, 3.8) is 0 Å². The Morgan fingerprint density at radius 3 is 2.20 bits per heavy atom. The second-order valence-electron chi connectivity index (χ2n) is 7.58. The number of nitrogens with zero attached hydrogens (tertiary/aromatic N) is 1. The minimum atomic E-state index is 0. The fraction of sp³-hybridized carbons (Fsp3) is 0.684. The molecule has 3 atom stereocenters. The van der Waals surface area contributed by atoms with Crippen molar-refractivity contribution in [2.45, 2.75) is 68.6 Å². The van der Waals surface area contributed by atoms with Gasteiger partial charge < -0.3 is 11.1 Å². The first-order valence-electron chi connectivity index (χ1n) is 9.10. The minimum Gasteiger partial charge on any atom is -0.326 e. The number of hydrogen-bond donors (Lipinski definition) is 2. The lowest BCUT2D eigenvalue weighted by Crippen LogP contribution is -2.43. The van der Waals surface area contributed by atoms with Gasteiger partial charge in [0.2, 0.25) is 0 Å². The fourth-order valence-electron chi connectivity index (χ4n) is 4.51. The zero-order valence-corrected chi connectivity index (χ0v) is 17.1. The SMILES string of the molecule is Cl.Cl.Cl.N[C@@H]1CCN(C2CCC(N[C@@H]3C[C@H]3c3ccccc3)CC2)C1. The Labute approximate surface area is 170 Å². The first-order chi connectivity index (χ1) is 10.8. The Kier molecular flexibility index (Phi) is 9.52. The van der Waals surface area contributed by atoms with Crippen LogP contribution in [0.15, 0.2) is 30.3 Å². The van der Waals surface area contributed by atoms with Gasteiger partial charge in [-0.05, 0) is 44.1 Å². The van der Waals surface area contributed by atoms with Gasteiger partial charge in [0.05, 0.1) is 0 Å². The first kappa shape index (κ1) is 23.0. The van der Waals surface area contributed by atoms with Crippen molar-refractivity contribution < 1.29 is 0 Å². The molecule has 144 valence electrons. The second-order valence-corrected chi connectivity index (χ2v) is 7.58. The smallest absolute Gasteiger partial charge is 0.0180 e. The zero-order chi connectivity index (χ0) is 14.9. The summed E-state index contributed by atoms with van der Waals surface area (Å²) in [6, 6.07) is 13.7. The zero-order valence-electron chi connectivity index (χ0n) is 14.7. The van der Waals surface area contributed by atoms with Crippen LogP contribution in [0.2, 0.25) is 0 Å². The van der Waals surface area contributed by atoms with Crippen LogP contribution < -0.4 is 11.1 Å². The molecule has 3 fully saturated rings. The number of nitrogens with one attached hydrogen (secondary N) is 1. The molecule has 3 N–H and O–H groups in total. The average Bonchev–Trinajstić information content (AvgIpc) is 3.19. The molecule has 0 unspecified atom stereocenters. The highest BCUT2D eigenvalue weighted by atomic mass is 35.5. The number of rotatable bonds is 4. The molecule has 6 heteroatoms. The quantitative estimate of drug-likeness (QED) is 0.797. The molecule has 2 saturated carbocycles. The van der Waals surface area contributed by atoms with Crippen LogP contribution in [0.5, 0.6) is 0 Å². The van der Waals surface area contributed by atoms with E-state index in [9.17, 15) is 0 Å². The van der Waals surface area contributed by atoms with Crippen molar-refractivity contribution in [2.75, 3.05) is 13.1 Å². The lowest BCUT2D eigenvalue weighted by Gasteiger charge is -2.35. The van der Waals surface area contributed by atoms with Crippen LogP contribution in [0.1, 0.15) is 50.0 Å². The number of halogens is 3. The van der Waals surface area contributed by atoms with Gasteiger partial charge in [-0.25, -0.2) is 0 Å². The predicted molar refractivity (Wildman–Crippen MR) is 113 cm³/mol. The summed E-state index contributed by atoms with van der Waals surface area (Å²) in [4.78, 5) is 2.64. The summed E-state index contributed by atoms with van der Waals surface area (Å²) in [5.74, 6) is 0.760. The maximum Gasteiger partial charge on any atom is 0.0180 e. The van der Waals surface area contributed by atoms with Gasteiger partial charge in [-0.15, -0.1) is 37.2 Å². The van der Waals surface area contributed by atoms with Crippen LogP contribution in [0, 0.1) is 0 Å². The van der Waals surface area contributed by atoms with Gasteiger partial charge >= 0.3 is 0 Å². The second kappa shape index (κ2) is 10.3. The van der Waals surface area contributed by atoms with Crippen molar-refractivity contribution in [1.82, 2.24) is 10.2 Å². The summed E-state index contributed by atoms with van der Waals surface area (Å²) in [6.07, 6.45) is 7.91. The molecule has 0 aromatic heterocycles. The number of nitrogens with two attached hydrogens (primary N) is 1. The first-order valence-corrected chi connectivity index (χ1v) is 9.10. The Morgan fingerprint density at radius 2 is 1.60 bits per heavy atom. The summed E-state index contributed by atoms with van der Waals surface area (Å²) in [5.41, 5.74) is 7.56. The molecule has 3 aliphatic rings. The summed E-state index contributed by atoms with van der Waals surface area (Å²) in [5, 5.41) is 3.92. The van der Waals surface area contributed by atoms with Crippen LogP contribution in [-0.2, 0) is 0 Å². The van der Waals surface area contributed by atoms with Gasteiger partial charge in [0, 0.05) is 43.2 Å². The lowest BCUT2D eigenvalue weighted by molar-refractivity contribution is 0.171. The molecule has 1 aromatic rings. The average molecular weight is 409 g/mol. The van der Waals surface area contributed by atoms with Crippen LogP contribution >= 0.6 is 37.2 Å². The van der Waals surface area contributed by atoms with Crippen molar-refractivity contribution in [3.05, 3.63) is 35.9 Å². The summed E-state index contributed by atoms with van der Waals surface area (Å²) >= 11 is 0. The van der Waals surface area contributed by atoms with Crippen LogP contribution in [0.25, 0.3) is 0 Å². The minimum absolute atomic E-state index is 0. The Morgan fingerprint density at radius 1 is 0.920 bits per heavy atom. The molecule has 1 saturated heterocycles. The van der Waals surface area contributed by atoms with Gasteiger partial charge in [0.1, 0.15) is 0 Å². The molecule has 25 heavy (non-hydrogen) atoms. The monoisotopic (exact) mass is 407 g/mol. The van der Waals surface area contributed by atoms with Gasteiger partial charge in [0.15, 0.2) is 0 Å². The highest BCUT2D eigenvalue weighted by molar-refractivity contribution is 5.86. The van der Waals surface area contributed by atoms with E-state index >= 15 is 0 Å². The van der Waals surface area contributed by atoms with E-state index in [0.717, 1.165) is 30.6 Å². The van der Waals surface area contributed by atoms with Gasteiger partial charge in [0.25, 0.3) is 0 Å². The van der Waals surface area contributed by atoms with Crippen molar-refractivity contribution in [2.24, 2.45) is 5.73 Å². The van der Waals surface area contributed by atoms with Crippen molar-refractivity contribution >= 4 is 37.2 Å². The molecular weight excluding hydrogens is 377 g/mol. The van der Waals surface area contributed by atoms with E-state index in [0.29, 0.717) is 6.04 Å². The van der Waals surface area contributed by atoms with E-state index in [4.69, 9.17) is 5.73 Å². The highest BCUT2D eigenvalue weighted by Crippen LogP contribution is 2.41. The van der Waals surface area contributed by atoms with Crippen LogP contribution in [-0.4, -0.2) is 42.2 Å². The molecule has 2 aliphatic carbocycles. The molecule has 1 aromatic carbocycles. The molecule has 0 amide bonds. The molecule has 1 aliphatic heterocycles. The Bertz CT molecular complexity index is 494. The Balaban J connectivity index is 0.00000104. The number of hydrogen-bond acceptors (Lipinski definition) is 3. The predicted octanol–water partition coefficient (Wildman–Crippen LogP) is 3.74. The van der Waals surface area contributed by atoms with E-state index in [1.54, 1.807) is 0 Å². The largest absolute Gasteiger partial charge is 0.326 e. The Hall–Kier alpha value is -0.0300. The molecule has 3 nitrogen and oxygen atoms in total. The molecule has 1 heterocycles. The molecule has 0 spiro atoms. The fourth-order valence-corrected chi connectivity index (χ4v) is 4.51. The van der Waals surface area contributed by atoms with E-state index in [1.807, 2.05) is 0 Å². The van der Waals surface area contributed by atoms with Crippen molar-refractivity contribution in [3.8, 4) is 0 Å². The topological polar surface area (TPSA) is 41.3 Å². The third-order valence-electron chi connectivity index (χ3n) is 5.94. The summed E-state index contributed by atoms with van der Waals surface area (Å²) in [7, 11) is 0. The molecule has 4 rings (SSSR count). The van der Waals surface area contributed by atoms with E-state index < -0.39 is 0 Å². The number of likely N-dealkylation sites (tertiary alicyclic amines) is 1. The normalized spacial score (nSPS) is 34.4. The molecule has 0 bridgehead atoms. The summed E-state index contributed by atoms with van der Waals surface area (Å²) in [6.45, 7) is 2.35. The summed E-state index contributed by atoms with van der Waals surface area (Å²) < 4.78 is 0. The highest BCUT2D eigenvalue weighted by Gasteiger charge is 2.40. The van der Waals surface area contributed by atoms with Gasteiger partial charge in [-0.2, -0.15) is 0 Å². The third kappa shape index (κ3) is 5.72. The van der Waals surface area contributed by atoms with Crippen molar-refractivity contribution in [1.29, 1.82) is 0 Å². The van der Waals surface area contributed by atoms with E-state index in [2.05, 4.69) is 40.5 Å². The molecule has 0 radical (unpaired) electrons. The van der Waals surface area contributed by atoms with Gasteiger partial charge in [-0.3, -0.25) is 4.90 Å². The van der Waals surface area contributed by atoms with Crippen LogP contribution in [0.4, 0.5) is 0 Å². The third-order valence-corrected chi connectivity index (χ3v) is 5.94. The standard InChI is InChI=1S/C19H29N3.3ClH/c20-15-10-11-22(13-15)17-8-6-16(7-9-17)21-19-12-18(19)14-4-2-1-3-5-14;;;/h1-5,15-19,21H,6-13,20H2;3*1H/t15-,16?,17?,18+,19-;;;/m1.../s1. The maximum atomic E-state index is 6.05. The molecular formula is C19H32Cl3N3. The van der Waals surface area contributed by atoms with Crippen LogP contribution in [0.3, 0.4) is 0 Å². The maximum absolute atomic E-state index is 6.05. The van der Waals surface area contributed by atoms with E-state index in [-0.39, 0.29) is 37.2 Å². The number of benzene rings is 1. The lowest BCUT2D eigenvalue weighted by atomic mass is 9.90. The van der Waals surface area contributed by atoms with E-state index in [1.165, 1.54) is 50.6 Å².